The normalized spacial score (nSPS) is 24.4. The third kappa shape index (κ3) is 4.42. The molecule has 0 radical (unpaired) electrons. The minimum Gasteiger partial charge on any atom is -0.493 e. The lowest BCUT2D eigenvalue weighted by atomic mass is 9.85. The minimum atomic E-state index is -0.664. The van der Waals surface area contributed by atoms with Gasteiger partial charge in [-0.1, -0.05) is 19.1 Å². The third-order valence-electron chi connectivity index (χ3n) is 6.51. The van der Waals surface area contributed by atoms with Gasteiger partial charge in [-0.2, -0.15) is 0 Å². The maximum absolute atomic E-state index is 13.8. The van der Waals surface area contributed by atoms with E-state index in [1.165, 1.54) is 0 Å². The molecule has 2 fully saturated rings. The van der Waals surface area contributed by atoms with Gasteiger partial charge in [0.15, 0.2) is 11.5 Å². The third-order valence-corrected chi connectivity index (χ3v) is 7.37. The number of methoxy groups -OCH3 is 2. The average molecular weight is 443 g/mol. The van der Waals surface area contributed by atoms with E-state index in [0.717, 1.165) is 36.1 Å². The summed E-state index contributed by atoms with van der Waals surface area (Å²) in [6.07, 6.45) is 4.12. The standard InChI is InChI=1S/C24H30N2O4S/c1-16-6-9-18(10-7-16)25-15-22(27)26(14-19-5-4-12-31-19)23(24(25)28)17-8-11-20(29-2)21(13-17)30-3/h4-5,8,11-13,16,18,23H,6-7,9-10,14-15H2,1-3H3. The van der Waals surface area contributed by atoms with Crippen LogP contribution in [0.3, 0.4) is 0 Å². The van der Waals surface area contributed by atoms with E-state index >= 15 is 0 Å². The lowest BCUT2D eigenvalue weighted by Crippen LogP contribution is -2.58. The number of ether oxygens (including phenoxy) is 2. The molecule has 2 aliphatic rings. The zero-order valence-corrected chi connectivity index (χ0v) is 19.2. The molecule has 1 saturated carbocycles. The lowest BCUT2D eigenvalue weighted by molar-refractivity contribution is -0.160. The summed E-state index contributed by atoms with van der Waals surface area (Å²) in [7, 11) is 3.16. The van der Waals surface area contributed by atoms with Crippen LogP contribution in [-0.2, 0) is 16.1 Å². The molecule has 1 saturated heterocycles. The van der Waals surface area contributed by atoms with Crippen molar-refractivity contribution in [3.05, 3.63) is 46.2 Å². The number of benzene rings is 1. The molecule has 2 amide bonds. The number of hydrogen-bond donors (Lipinski definition) is 0. The predicted octanol–water partition coefficient (Wildman–Crippen LogP) is 4.26. The Kier molecular flexibility index (Phi) is 6.51. The zero-order valence-electron chi connectivity index (χ0n) is 18.4. The van der Waals surface area contributed by atoms with E-state index in [1.807, 2.05) is 34.5 Å². The Morgan fingerprint density at radius 3 is 2.42 bits per heavy atom. The summed E-state index contributed by atoms with van der Waals surface area (Å²) in [5, 5.41) is 1.99. The van der Waals surface area contributed by atoms with Crippen LogP contribution in [0.25, 0.3) is 0 Å². The summed E-state index contributed by atoms with van der Waals surface area (Å²) in [6.45, 7) is 2.85. The fourth-order valence-electron chi connectivity index (χ4n) is 4.71. The van der Waals surface area contributed by atoms with E-state index in [0.29, 0.717) is 24.0 Å². The molecule has 2 aromatic rings. The maximum atomic E-state index is 13.8. The van der Waals surface area contributed by atoms with Crippen LogP contribution in [-0.4, -0.2) is 48.4 Å². The molecular weight excluding hydrogens is 412 g/mol. The Labute approximate surface area is 187 Å². The molecular formula is C24H30N2O4S. The quantitative estimate of drug-likeness (QED) is 0.671. The number of amides is 2. The van der Waals surface area contributed by atoms with E-state index in [1.54, 1.807) is 36.5 Å². The van der Waals surface area contributed by atoms with Crippen molar-refractivity contribution in [3.8, 4) is 11.5 Å². The van der Waals surface area contributed by atoms with Gasteiger partial charge in [0, 0.05) is 10.9 Å². The molecule has 31 heavy (non-hydrogen) atoms. The molecule has 4 rings (SSSR count). The largest absolute Gasteiger partial charge is 0.493 e. The molecule has 1 aliphatic carbocycles. The molecule has 0 bridgehead atoms. The average Bonchev–Trinajstić information content (AvgIpc) is 3.30. The van der Waals surface area contributed by atoms with Crippen molar-refractivity contribution in [2.24, 2.45) is 5.92 Å². The second-order valence-corrected chi connectivity index (χ2v) is 9.53. The van der Waals surface area contributed by atoms with Crippen molar-refractivity contribution in [2.75, 3.05) is 20.8 Å². The summed E-state index contributed by atoms with van der Waals surface area (Å²) in [6, 6.07) is 8.94. The van der Waals surface area contributed by atoms with Crippen LogP contribution in [0.5, 0.6) is 11.5 Å². The Hall–Kier alpha value is -2.54. The van der Waals surface area contributed by atoms with Crippen LogP contribution in [0, 0.1) is 5.92 Å². The zero-order chi connectivity index (χ0) is 22.0. The molecule has 1 unspecified atom stereocenters. The van der Waals surface area contributed by atoms with Crippen LogP contribution < -0.4 is 9.47 Å². The van der Waals surface area contributed by atoms with E-state index in [-0.39, 0.29) is 24.4 Å². The number of piperazine rings is 1. The van der Waals surface area contributed by atoms with Crippen molar-refractivity contribution < 1.29 is 19.1 Å². The van der Waals surface area contributed by atoms with Gasteiger partial charge in [-0.3, -0.25) is 9.59 Å². The molecule has 1 aromatic carbocycles. The van der Waals surface area contributed by atoms with Gasteiger partial charge in [0.25, 0.3) is 5.91 Å². The maximum Gasteiger partial charge on any atom is 0.250 e. The van der Waals surface area contributed by atoms with Crippen molar-refractivity contribution in [2.45, 2.75) is 51.2 Å². The second kappa shape index (κ2) is 9.30. The number of rotatable bonds is 6. The van der Waals surface area contributed by atoms with Crippen molar-refractivity contribution in [1.29, 1.82) is 0 Å². The Morgan fingerprint density at radius 2 is 1.77 bits per heavy atom. The fourth-order valence-corrected chi connectivity index (χ4v) is 5.41. The molecule has 0 N–H and O–H groups in total. The first-order valence-electron chi connectivity index (χ1n) is 10.9. The molecule has 2 heterocycles. The fraction of sp³-hybridized carbons (Fsp3) is 0.500. The highest BCUT2D eigenvalue weighted by Gasteiger charge is 2.43. The first-order chi connectivity index (χ1) is 15.0. The number of thiophene rings is 1. The van der Waals surface area contributed by atoms with Crippen molar-refractivity contribution in [1.82, 2.24) is 9.80 Å². The van der Waals surface area contributed by atoms with Gasteiger partial charge in [-0.15, -0.1) is 11.3 Å². The highest BCUT2D eigenvalue weighted by Crippen LogP contribution is 2.37. The number of nitrogens with zero attached hydrogens (tertiary/aromatic N) is 2. The molecule has 1 aliphatic heterocycles. The summed E-state index contributed by atoms with van der Waals surface area (Å²) >= 11 is 1.60. The van der Waals surface area contributed by atoms with Crippen molar-refractivity contribution >= 4 is 23.2 Å². The van der Waals surface area contributed by atoms with Gasteiger partial charge < -0.3 is 19.3 Å². The topological polar surface area (TPSA) is 59.1 Å². The second-order valence-electron chi connectivity index (χ2n) is 8.50. The van der Waals surface area contributed by atoms with Gasteiger partial charge in [0.2, 0.25) is 5.91 Å². The predicted molar refractivity (Wildman–Crippen MR) is 120 cm³/mol. The highest BCUT2D eigenvalue weighted by atomic mass is 32.1. The Morgan fingerprint density at radius 1 is 1.03 bits per heavy atom. The summed E-state index contributed by atoms with van der Waals surface area (Å²) in [4.78, 5) is 31.7. The molecule has 6 nitrogen and oxygen atoms in total. The Balaban J connectivity index is 1.69. The van der Waals surface area contributed by atoms with E-state index in [2.05, 4.69) is 6.92 Å². The SMILES string of the molecule is COc1ccc(C2C(=O)N(C3CCC(C)CC3)CC(=O)N2Cc2cccs2)cc1OC. The minimum absolute atomic E-state index is 0.00271. The number of carbonyl (C=O) groups is 2. The van der Waals surface area contributed by atoms with Crippen LogP contribution in [0.1, 0.15) is 49.1 Å². The van der Waals surface area contributed by atoms with Gasteiger partial charge in [0.05, 0.1) is 20.8 Å². The number of carbonyl (C=O) groups excluding carboxylic acids is 2. The highest BCUT2D eigenvalue weighted by molar-refractivity contribution is 7.09. The van der Waals surface area contributed by atoms with Gasteiger partial charge in [-0.05, 0) is 60.7 Å². The van der Waals surface area contributed by atoms with Crippen LogP contribution in [0.15, 0.2) is 35.7 Å². The first kappa shape index (κ1) is 21.7. The van der Waals surface area contributed by atoms with Gasteiger partial charge in [-0.25, -0.2) is 0 Å². The molecule has 1 atom stereocenters. The number of hydrogen-bond acceptors (Lipinski definition) is 5. The molecule has 7 heteroatoms. The smallest absolute Gasteiger partial charge is 0.250 e. The first-order valence-corrected chi connectivity index (χ1v) is 11.7. The molecule has 1 aromatic heterocycles. The van der Waals surface area contributed by atoms with Gasteiger partial charge in [0.1, 0.15) is 12.6 Å². The monoisotopic (exact) mass is 442 g/mol. The van der Waals surface area contributed by atoms with Crippen LogP contribution in [0.2, 0.25) is 0 Å². The van der Waals surface area contributed by atoms with Crippen LogP contribution in [0.4, 0.5) is 0 Å². The molecule has 0 spiro atoms. The van der Waals surface area contributed by atoms with Crippen LogP contribution >= 0.6 is 11.3 Å². The Bertz CT molecular complexity index is 922. The van der Waals surface area contributed by atoms with Gasteiger partial charge >= 0.3 is 0 Å². The molecule has 166 valence electrons. The van der Waals surface area contributed by atoms with E-state index in [9.17, 15) is 9.59 Å². The van der Waals surface area contributed by atoms with E-state index < -0.39 is 6.04 Å². The summed E-state index contributed by atoms with van der Waals surface area (Å²) in [5.41, 5.74) is 0.751. The van der Waals surface area contributed by atoms with E-state index in [4.69, 9.17) is 9.47 Å². The summed E-state index contributed by atoms with van der Waals surface area (Å²) < 4.78 is 10.8. The summed E-state index contributed by atoms with van der Waals surface area (Å²) in [5.74, 6) is 1.84. The lowest BCUT2D eigenvalue weighted by Gasteiger charge is -2.45. The van der Waals surface area contributed by atoms with Crippen molar-refractivity contribution in [3.63, 3.8) is 0 Å².